The number of halogens is 2. The van der Waals surface area contributed by atoms with Gasteiger partial charge in [-0.2, -0.15) is 0 Å². The summed E-state index contributed by atoms with van der Waals surface area (Å²) in [5, 5.41) is 4.11. The fourth-order valence-electron chi connectivity index (χ4n) is 1.56. The van der Waals surface area contributed by atoms with E-state index >= 15 is 0 Å². The zero-order chi connectivity index (χ0) is 12.4. The normalized spacial score (nSPS) is 19.6. The van der Waals surface area contributed by atoms with Gasteiger partial charge in [0.05, 0.1) is 6.54 Å². The van der Waals surface area contributed by atoms with Gasteiger partial charge < -0.3 is 5.32 Å². The van der Waals surface area contributed by atoms with Crippen LogP contribution in [-0.4, -0.2) is 17.0 Å². The van der Waals surface area contributed by atoms with Gasteiger partial charge >= 0.3 is 0 Å². The Morgan fingerprint density at radius 2 is 1.94 bits per heavy atom. The fraction of sp³-hybridized carbons (Fsp3) is 0.417. The van der Waals surface area contributed by atoms with Gasteiger partial charge in [-0.05, 0) is 18.1 Å². The second-order valence-corrected chi connectivity index (χ2v) is 5.56. The molecule has 0 saturated carbocycles. The number of hydrogen-bond acceptors (Lipinski definition) is 3. The van der Waals surface area contributed by atoms with Gasteiger partial charge in [0.2, 0.25) is 0 Å². The third-order valence-electron chi connectivity index (χ3n) is 2.54. The molecule has 1 aromatic rings. The molecule has 0 aromatic heterocycles. The number of hydrogen-bond donors (Lipinski definition) is 1. The van der Waals surface area contributed by atoms with Gasteiger partial charge in [-0.15, -0.1) is 0 Å². The second kappa shape index (κ2) is 5.04. The van der Waals surface area contributed by atoms with E-state index in [2.05, 4.69) is 24.2 Å². The van der Waals surface area contributed by atoms with Gasteiger partial charge in [-0.25, -0.2) is 8.78 Å². The van der Waals surface area contributed by atoms with Crippen molar-refractivity contribution >= 4 is 22.6 Å². The first-order valence-electron chi connectivity index (χ1n) is 5.49. The number of nitrogens with zero attached hydrogens (tertiary/aromatic N) is 1. The smallest absolute Gasteiger partial charge is 0.161 e. The van der Waals surface area contributed by atoms with Gasteiger partial charge in [0.15, 0.2) is 5.17 Å². The standard InChI is InChI=1S/C12H14F2N2S/c1-7(2)11-6-15-12(17-11)16-10-4-8(13)3-9(14)5-10/h3-5,7,11H,6H2,1-2H3,(H,15,16). The summed E-state index contributed by atoms with van der Waals surface area (Å²) in [7, 11) is 0. The molecule has 1 atom stereocenters. The van der Waals surface area contributed by atoms with Crippen molar-refractivity contribution in [2.75, 3.05) is 11.9 Å². The molecule has 92 valence electrons. The Kier molecular flexibility index (Phi) is 3.66. The first-order valence-corrected chi connectivity index (χ1v) is 6.37. The van der Waals surface area contributed by atoms with E-state index in [1.807, 2.05) is 0 Å². The summed E-state index contributed by atoms with van der Waals surface area (Å²) in [5.41, 5.74) is 0.401. The first-order chi connectivity index (χ1) is 8.04. The highest BCUT2D eigenvalue weighted by Gasteiger charge is 2.22. The molecule has 2 nitrogen and oxygen atoms in total. The van der Waals surface area contributed by atoms with Gasteiger partial charge in [-0.1, -0.05) is 25.6 Å². The Bertz CT molecular complexity index is 426. The van der Waals surface area contributed by atoms with Crippen molar-refractivity contribution in [3.63, 3.8) is 0 Å². The number of nitrogens with one attached hydrogen (secondary N) is 1. The molecule has 17 heavy (non-hydrogen) atoms. The summed E-state index contributed by atoms with van der Waals surface area (Å²) >= 11 is 1.62. The number of anilines is 1. The molecule has 0 bridgehead atoms. The quantitative estimate of drug-likeness (QED) is 0.875. The first kappa shape index (κ1) is 12.4. The van der Waals surface area contributed by atoms with Gasteiger partial charge in [-0.3, -0.25) is 4.99 Å². The highest BCUT2D eigenvalue weighted by Crippen LogP contribution is 2.28. The van der Waals surface area contributed by atoms with Crippen LogP contribution < -0.4 is 5.32 Å². The number of amidine groups is 1. The molecular weight excluding hydrogens is 242 g/mol. The fourth-order valence-corrected chi connectivity index (χ4v) is 2.59. The van der Waals surface area contributed by atoms with Crippen molar-refractivity contribution < 1.29 is 8.78 Å². The van der Waals surface area contributed by atoms with Crippen LogP contribution in [0.15, 0.2) is 23.2 Å². The summed E-state index contributed by atoms with van der Waals surface area (Å²) in [4.78, 5) is 4.32. The highest BCUT2D eigenvalue weighted by atomic mass is 32.2. The number of rotatable bonds is 2. The van der Waals surface area contributed by atoms with Crippen LogP contribution in [0.4, 0.5) is 14.5 Å². The predicted octanol–water partition coefficient (Wildman–Crippen LogP) is 3.50. The lowest BCUT2D eigenvalue weighted by atomic mass is 10.1. The maximum Gasteiger partial charge on any atom is 0.161 e. The second-order valence-electron chi connectivity index (χ2n) is 4.33. The molecule has 1 aliphatic rings. The van der Waals surface area contributed by atoms with E-state index in [9.17, 15) is 8.78 Å². The van der Waals surface area contributed by atoms with Crippen LogP contribution >= 0.6 is 11.8 Å². The lowest BCUT2D eigenvalue weighted by Gasteiger charge is -2.12. The molecule has 1 aliphatic heterocycles. The highest BCUT2D eigenvalue weighted by molar-refractivity contribution is 8.15. The topological polar surface area (TPSA) is 24.4 Å². The number of thioether (sulfide) groups is 1. The molecule has 0 fully saturated rings. The maximum absolute atomic E-state index is 13.0. The van der Waals surface area contributed by atoms with Crippen LogP contribution in [0.25, 0.3) is 0 Å². The summed E-state index contributed by atoms with van der Waals surface area (Å²) in [6.45, 7) is 5.03. The minimum Gasteiger partial charge on any atom is -0.335 e. The Balaban J connectivity index is 2.03. The van der Waals surface area contributed by atoms with E-state index in [4.69, 9.17) is 0 Å². The lowest BCUT2D eigenvalue weighted by molar-refractivity contribution is 0.584. The van der Waals surface area contributed by atoms with E-state index in [0.717, 1.165) is 17.8 Å². The van der Waals surface area contributed by atoms with Gasteiger partial charge in [0, 0.05) is 17.0 Å². The van der Waals surface area contributed by atoms with Crippen LogP contribution in [0.3, 0.4) is 0 Å². The van der Waals surface area contributed by atoms with Crippen LogP contribution in [0.5, 0.6) is 0 Å². The zero-order valence-electron chi connectivity index (χ0n) is 9.71. The summed E-state index contributed by atoms with van der Waals surface area (Å²) in [6, 6.07) is 3.37. The van der Waals surface area contributed by atoms with Crippen LogP contribution in [0.1, 0.15) is 13.8 Å². The van der Waals surface area contributed by atoms with Gasteiger partial charge in [0.1, 0.15) is 11.6 Å². The number of benzene rings is 1. The molecule has 1 N–H and O–H groups in total. The average molecular weight is 256 g/mol. The third-order valence-corrected chi connectivity index (χ3v) is 3.99. The van der Waals surface area contributed by atoms with Gasteiger partial charge in [0.25, 0.3) is 0 Å². The van der Waals surface area contributed by atoms with E-state index in [0.29, 0.717) is 16.9 Å². The minimum absolute atomic E-state index is 0.401. The molecule has 5 heteroatoms. The summed E-state index contributed by atoms with van der Waals surface area (Å²) in [5.74, 6) is -0.639. The molecular formula is C12H14F2N2S. The van der Waals surface area contributed by atoms with Crippen molar-refractivity contribution in [1.82, 2.24) is 0 Å². The van der Waals surface area contributed by atoms with Crippen molar-refractivity contribution in [2.24, 2.45) is 10.9 Å². The van der Waals surface area contributed by atoms with Crippen LogP contribution in [0, 0.1) is 17.6 Å². The Labute approximate surface area is 104 Å². The van der Waals surface area contributed by atoms with Crippen molar-refractivity contribution in [3.05, 3.63) is 29.8 Å². The monoisotopic (exact) mass is 256 g/mol. The van der Waals surface area contributed by atoms with E-state index in [-0.39, 0.29) is 0 Å². The third kappa shape index (κ3) is 3.19. The Hall–Kier alpha value is -1.10. The minimum atomic E-state index is -0.587. The van der Waals surface area contributed by atoms with E-state index in [1.54, 1.807) is 11.8 Å². The Morgan fingerprint density at radius 1 is 1.29 bits per heavy atom. The SMILES string of the molecule is CC(C)C1CN=C(Nc2cc(F)cc(F)c2)S1. The molecule has 0 amide bonds. The number of aliphatic imine (C=N–C) groups is 1. The molecule has 1 aromatic carbocycles. The van der Waals surface area contributed by atoms with Crippen molar-refractivity contribution in [1.29, 1.82) is 0 Å². The Morgan fingerprint density at radius 3 is 2.47 bits per heavy atom. The lowest BCUT2D eigenvalue weighted by Crippen LogP contribution is -2.13. The molecule has 0 radical (unpaired) electrons. The van der Waals surface area contributed by atoms with E-state index in [1.165, 1.54) is 12.1 Å². The summed E-state index contributed by atoms with van der Waals surface area (Å²) in [6.07, 6.45) is 0. The molecule has 0 saturated heterocycles. The molecule has 0 spiro atoms. The summed E-state index contributed by atoms with van der Waals surface area (Å²) < 4.78 is 26.0. The molecule has 2 rings (SSSR count). The largest absolute Gasteiger partial charge is 0.335 e. The average Bonchev–Trinajstić information content (AvgIpc) is 2.64. The molecule has 1 heterocycles. The van der Waals surface area contributed by atoms with E-state index < -0.39 is 11.6 Å². The van der Waals surface area contributed by atoms with Crippen molar-refractivity contribution in [2.45, 2.75) is 19.1 Å². The van der Waals surface area contributed by atoms with Crippen LogP contribution in [-0.2, 0) is 0 Å². The van der Waals surface area contributed by atoms with Crippen molar-refractivity contribution in [3.8, 4) is 0 Å². The zero-order valence-corrected chi connectivity index (χ0v) is 10.5. The maximum atomic E-state index is 13.0. The molecule has 0 aliphatic carbocycles. The molecule has 1 unspecified atom stereocenters. The predicted molar refractivity (Wildman–Crippen MR) is 68.5 cm³/mol. The van der Waals surface area contributed by atoms with Crippen LogP contribution in [0.2, 0.25) is 0 Å².